The molecule has 0 aliphatic heterocycles. The van der Waals surface area contributed by atoms with Crippen molar-refractivity contribution in [2.75, 3.05) is 0 Å². The molecule has 0 unspecified atom stereocenters. The number of halogens is 1. The molecule has 0 amide bonds. The zero-order chi connectivity index (χ0) is 13.2. The number of hydrogen-bond donors (Lipinski definition) is 2. The monoisotopic (exact) mass is 257 g/mol. The highest BCUT2D eigenvalue weighted by atomic mass is 19.1. The Balaban J connectivity index is 1.82. The van der Waals surface area contributed by atoms with E-state index >= 15 is 0 Å². The lowest BCUT2D eigenvalue weighted by Crippen LogP contribution is -1.94. The molecule has 1 aromatic heterocycles. The van der Waals surface area contributed by atoms with E-state index in [2.05, 4.69) is 4.98 Å². The normalized spacial score (nSPS) is 10.8. The second-order valence-corrected chi connectivity index (χ2v) is 4.29. The number of rotatable bonds is 3. The standard InChI is InChI=1S/C15H12FNO2/c16-11-4-5-14-10(8-17-15(14)6-11)9-19-13-3-1-2-12(18)7-13/h1-8,17-18H,9H2. The van der Waals surface area contributed by atoms with Gasteiger partial charge in [0.25, 0.3) is 0 Å². The number of aromatic hydroxyl groups is 1. The van der Waals surface area contributed by atoms with Gasteiger partial charge in [0, 0.05) is 28.7 Å². The maximum absolute atomic E-state index is 13.1. The first-order valence-electron chi connectivity index (χ1n) is 5.90. The van der Waals surface area contributed by atoms with Crippen LogP contribution in [-0.2, 0) is 6.61 Å². The highest BCUT2D eigenvalue weighted by molar-refractivity contribution is 5.83. The van der Waals surface area contributed by atoms with E-state index < -0.39 is 0 Å². The van der Waals surface area contributed by atoms with Gasteiger partial charge >= 0.3 is 0 Å². The van der Waals surface area contributed by atoms with Crippen LogP contribution in [0, 0.1) is 5.82 Å². The third-order valence-electron chi connectivity index (χ3n) is 2.94. The van der Waals surface area contributed by atoms with Gasteiger partial charge in [0.15, 0.2) is 0 Å². The largest absolute Gasteiger partial charge is 0.508 e. The molecule has 96 valence electrons. The van der Waals surface area contributed by atoms with E-state index in [1.165, 1.54) is 12.1 Å². The molecule has 0 saturated carbocycles. The van der Waals surface area contributed by atoms with Gasteiger partial charge in [0.2, 0.25) is 0 Å². The number of phenolic OH excluding ortho intramolecular Hbond substituents is 1. The zero-order valence-electron chi connectivity index (χ0n) is 10.1. The van der Waals surface area contributed by atoms with Crippen molar-refractivity contribution in [1.29, 1.82) is 0 Å². The fourth-order valence-electron chi connectivity index (χ4n) is 2.01. The molecule has 19 heavy (non-hydrogen) atoms. The predicted molar refractivity (Wildman–Crippen MR) is 70.7 cm³/mol. The molecule has 0 spiro atoms. The maximum Gasteiger partial charge on any atom is 0.125 e. The van der Waals surface area contributed by atoms with Gasteiger partial charge in [-0.15, -0.1) is 0 Å². The molecule has 1 heterocycles. The summed E-state index contributed by atoms with van der Waals surface area (Å²) >= 11 is 0. The van der Waals surface area contributed by atoms with E-state index in [-0.39, 0.29) is 11.6 Å². The summed E-state index contributed by atoms with van der Waals surface area (Å²) in [6, 6.07) is 11.2. The van der Waals surface area contributed by atoms with Crippen LogP contribution < -0.4 is 4.74 Å². The zero-order valence-corrected chi connectivity index (χ0v) is 10.1. The first-order valence-corrected chi connectivity index (χ1v) is 5.90. The minimum Gasteiger partial charge on any atom is -0.508 e. The number of phenols is 1. The lowest BCUT2D eigenvalue weighted by atomic mass is 10.2. The van der Waals surface area contributed by atoms with Crippen LogP contribution in [0.2, 0.25) is 0 Å². The number of fused-ring (bicyclic) bond motifs is 1. The van der Waals surface area contributed by atoms with Gasteiger partial charge in [-0.05, 0) is 30.3 Å². The molecule has 0 aliphatic carbocycles. The fourth-order valence-corrected chi connectivity index (χ4v) is 2.01. The van der Waals surface area contributed by atoms with E-state index in [1.54, 1.807) is 36.5 Å². The van der Waals surface area contributed by atoms with Crippen LogP contribution in [0.4, 0.5) is 4.39 Å². The Morgan fingerprint density at radius 3 is 2.89 bits per heavy atom. The number of aromatic nitrogens is 1. The Morgan fingerprint density at radius 2 is 2.05 bits per heavy atom. The minimum atomic E-state index is -0.269. The molecule has 4 heteroatoms. The Labute approximate surface area is 109 Å². The molecular formula is C15H12FNO2. The summed E-state index contributed by atoms with van der Waals surface area (Å²) < 4.78 is 18.7. The van der Waals surface area contributed by atoms with Gasteiger partial charge in [0.1, 0.15) is 23.9 Å². The highest BCUT2D eigenvalue weighted by Gasteiger charge is 2.05. The summed E-state index contributed by atoms with van der Waals surface area (Å²) in [6.07, 6.45) is 1.80. The number of hydrogen-bond acceptors (Lipinski definition) is 2. The van der Waals surface area contributed by atoms with Crippen LogP contribution in [0.25, 0.3) is 10.9 Å². The van der Waals surface area contributed by atoms with Crippen LogP contribution in [0.5, 0.6) is 11.5 Å². The molecule has 0 radical (unpaired) electrons. The molecule has 0 aliphatic rings. The number of aromatic amines is 1. The third kappa shape index (κ3) is 2.38. The van der Waals surface area contributed by atoms with E-state index in [9.17, 15) is 9.50 Å². The van der Waals surface area contributed by atoms with Gasteiger partial charge in [-0.2, -0.15) is 0 Å². The number of H-pyrrole nitrogens is 1. The van der Waals surface area contributed by atoms with Crippen LogP contribution >= 0.6 is 0 Å². The van der Waals surface area contributed by atoms with E-state index in [0.29, 0.717) is 12.4 Å². The van der Waals surface area contributed by atoms with Gasteiger partial charge in [-0.1, -0.05) is 6.07 Å². The van der Waals surface area contributed by atoms with Crippen LogP contribution in [0.3, 0.4) is 0 Å². The smallest absolute Gasteiger partial charge is 0.125 e. The molecule has 0 atom stereocenters. The SMILES string of the molecule is Oc1cccc(OCc2c[nH]c3cc(F)ccc23)c1. The van der Waals surface area contributed by atoms with Gasteiger partial charge in [0.05, 0.1) is 0 Å². The third-order valence-corrected chi connectivity index (χ3v) is 2.94. The second kappa shape index (κ2) is 4.65. The molecule has 2 N–H and O–H groups in total. The van der Waals surface area contributed by atoms with Crippen molar-refractivity contribution in [2.45, 2.75) is 6.61 Å². The lowest BCUT2D eigenvalue weighted by molar-refractivity contribution is 0.306. The quantitative estimate of drug-likeness (QED) is 0.753. The van der Waals surface area contributed by atoms with Crippen molar-refractivity contribution in [3.63, 3.8) is 0 Å². The first-order chi connectivity index (χ1) is 9.22. The molecule has 0 fully saturated rings. The van der Waals surface area contributed by atoms with Crippen LogP contribution in [-0.4, -0.2) is 10.1 Å². The summed E-state index contributed by atoms with van der Waals surface area (Å²) in [5, 5.41) is 10.3. The topological polar surface area (TPSA) is 45.2 Å². The Kier molecular flexibility index (Phi) is 2.83. The molecule has 0 saturated heterocycles. The summed E-state index contributed by atoms with van der Waals surface area (Å²) in [5.74, 6) is 0.491. The van der Waals surface area contributed by atoms with Crippen molar-refractivity contribution < 1.29 is 14.2 Å². The van der Waals surface area contributed by atoms with Gasteiger partial charge < -0.3 is 14.8 Å². The molecule has 3 rings (SSSR count). The van der Waals surface area contributed by atoms with Crippen molar-refractivity contribution in [1.82, 2.24) is 4.98 Å². The predicted octanol–water partition coefficient (Wildman–Crippen LogP) is 3.59. The minimum absolute atomic E-state index is 0.165. The van der Waals surface area contributed by atoms with E-state index in [4.69, 9.17) is 4.74 Å². The van der Waals surface area contributed by atoms with Crippen molar-refractivity contribution >= 4 is 10.9 Å². The average molecular weight is 257 g/mol. The summed E-state index contributed by atoms with van der Waals surface area (Å²) in [6.45, 7) is 0.356. The molecule has 2 aromatic carbocycles. The molecular weight excluding hydrogens is 245 g/mol. The Bertz CT molecular complexity index is 721. The van der Waals surface area contributed by atoms with Gasteiger partial charge in [-0.3, -0.25) is 0 Å². The number of nitrogens with one attached hydrogen (secondary N) is 1. The summed E-state index contributed by atoms with van der Waals surface area (Å²) in [5.41, 5.74) is 1.69. The van der Waals surface area contributed by atoms with Crippen molar-refractivity contribution in [3.8, 4) is 11.5 Å². The summed E-state index contributed by atoms with van der Waals surface area (Å²) in [7, 11) is 0. The van der Waals surface area contributed by atoms with E-state index in [1.807, 2.05) is 0 Å². The Hall–Kier alpha value is -2.49. The van der Waals surface area contributed by atoms with Crippen molar-refractivity contribution in [3.05, 3.63) is 60.0 Å². The first kappa shape index (κ1) is 11.6. The fraction of sp³-hybridized carbons (Fsp3) is 0.0667. The summed E-state index contributed by atoms with van der Waals surface area (Å²) in [4.78, 5) is 3.01. The highest BCUT2D eigenvalue weighted by Crippen LogP contribution is 2.22. The molecule has 3 aromatic rings. The van der Waals surface area contributed by atoms with Gasteiger partial charge in [-0.25, -0.2) is 4.39 Å². The van der Waals surface area contributed by atoms with Crippen LogP contribution in [0.1, 0.15) is 5.56 Å². The van der Waals surface area contributed by atoms with E-state index in [0.717, 1.165) is 16.5 Å². The van der Waals surface area contributed by atoms with Crippen molar-refractivity contribution in [2.24, 2.45) is 0 Å². The second-order valence-electron chi connectivity index (χ2n) is 4.29. The lowest BCUT2D eigenvalue weighted by Gasteiger charge is -2.05. The average Bonchev–Trinajstić information content (AvgIpc) is 2.78. The molecule has 3 nitrogen and oxygen atoms in total. The number of benzene rings is 2. The number of ether oxygens (including phenoxy) is 1. The molecule has 0 bridgehead atoms. The maximum atomic E-state index is 13.1. The van der Waals surface area contributed by atoms with Crippen LogP contribution in [0.15, 0.2) is 48.7 Å². The Morgan fingerprint density at radius 1 is 1.16 bits per heavy atom.